The molecular weight excluding hydrogens is 384 g/mol. The fourth-order valence-electron chi connectivity index (χ4n) is 2.59. The molecule has 2 aromatic heterocycles. The molecule has 3 rings (SSSR count). The first-order valence-corrected chi connectivity index (χ1v) is 9.06. The Kier molecular flexibility index (Phi) is 4.70. The molecule has 0 aliphatic heterocycles. The van der Waals surface area contributed by atoms with Gasteiger partial charge in [-0.05, 0) is 59.1 Å². The molecule has 0 saturated carbocycles. The van der Waals surface area contributed by atoms with Crippen molar-refractivity contribution in [1.82, 2.24) is 4.57 Å². The van der Waals surface area contributed by atoms with Gasteiger partial charge in [-0.25, -0.2) is 0 Å². The average molecular weight is 399 g/mol. The highest BCUT2D eigenvalue weighted by Crippen LogP contribution is 2.31. The number of aryl methyl sites for hydroxylation is 2. The fourth-order valence-corrected chi connectivity index (χ4v) is 4.00. The third-order valence-corrected chi connectivity index (χ3v) is 5.54. The van der Waals surface area contributed by atoms with Crippen LogP contribution in [0.15, 0.2) is 51.0 Å². The predicted octanol–water partition coefficient (Wildman–Crippen LogP) is 4.88. The fraction of sp³-hybridized carbons (Fsp3) is 0.158. The van der Waals surface area contributed by atoms with Crippen molar-refractivity contribution in [2.24, 2.45) is 0 Å². The quantitative estimate of drug-likeness (QED) is 0.631. The summed E-state index contributed by atoms with van der Waals surface area (Å²) in [7, 11) is 0. The Hall–Kier alpha value is -2.16. The normalized spacial score (nSPS) is 10.6. The van der Waals surface area contributed by atoms with Gasteiger partial charge in [0, 0.05) is 0 Å². The molecule has 0 atom stereocenters. The minimum absolute atomic E-state index is 0.210. The van der Waals surface area contributed by atoms with Gasteiger partial charge in [-0.1, -0.05) is 29.8 Å². The van der Waals surface area contributed by atoms with Crippen molar-refractivity contribution < 1.29 is 0 Å². The third kappa shape index (κ3) is 3.21. The second-order valence-electron chi connectivity index (χ2n) is 5.68. The van der Waals surface area contributed by atoms with Crippen molar-refractivity contribution in [3.8, 4) is 16.6 Å². The minimum Gasteiger partial charge on any atom is -0.302 e. The predicted molar refractivity (Wildman–Crippen MR) is 101 cm³/mol. The molecule has 1 aromatic carbocycles. The van der Waals surface area contributed by atoms with Gasteiger partial charge in [-0.3, -0.25) is 4.79 Å². The molecule has 0 amide bonds. The number of thiophene rings is 1. The summed E-state index contributed by atoms with van der Waals surface area (Å²) in [6, 6.07) is 16.0. The lowest BCUT2D eigenvalue weighted by Crippen LogP contribution is -2.25. The van der Waals surface area contributed by atoms with E-state index in [4.69, 9.17) is 0 Å². The van der Waals surface area contributed by atoms with Crippen LogP contribution in [0.2, 0.25) is 0 Å². The highest BCUT2D eigenvalue weighted by Gasteiger charge is 2.15. The van der Waals surface area contributed by atoms with Crippen LogP contribution < -0.4 is 5.56 Å². The molecule has 0 unspecified atom stereocenters. The summed E-state index contributed by atoms with van der Waals surface area (Å²) < 4.78 is 2.70. The van der Waals surface area contributed by atoms with E-state index in [0.717, 1.165) is 19.9 Å². The van der Waals surface area contributed by atoms with Gasteiger partial charge < -0.3 is 4.57 Å². The van der Waals surface area contributed by atoms with E-state index in [2.05, 4.69) is 15.9 Å². The second kappa shape index (κ2) is 6.76. The Labute approximate surface area is 152 Å². The summed E-state index contributed by atoms with van der Waals surface area (Å²) in [5, 5.41) is 9.32. The van der Waals surface area contributed by atoms with E-state index in [9.17, 15) is 10.1 Å². The topological polar surface area (TPSA) is 45.8 Å². The SMILES string of the molecule is Cc1ccc(Cn2c(-c3ccc(Br)s3)cc(C)c(C#N)c2=O)cc1. The van der Waals surface area contributed by atoms with E-state index in [0.29, 0.717) is 12.1 Å². The van der Waals surface area contributed by atoms with Crippen molar-refractivity contribution in [1.29, 1.82) is 5.26 Å². The molecule has 0 saturated heterocycles. The van der Waals surface area contributed by atoms with E-state index in [-0.39, 0.29) is 11.1 Å². The zero-order valence-corrected chi connectivity index (χ0v) is 15.7. The summed E-state index contributed by atoms with van der Waals surface area (Å²) in [6.45, 7) is 4.28. The van der Waals surface area contributed by atoms with Gasteiger partial charge in [0.05, 0.1) is 20.9 Å². The first kappa shape index (κ1) is 16.7. The molecule has 0 spiro atoms. The molecule has 24 heavy (non-hydrogen) atoms. The van der Waals surface area contributed by atoms with Gasteiger partial charge in [-0.2, -0.15) is 5.26 Å². The number of hydrogen-bond acceptors (Lipinski definition) is 3. The first-order chi connectivity index (χ1) is 11.5. The number of aromatic nitrogens is 1. The molecular formula is C19H15BrN2OS. The van der Waals surface area contributed by atoms with Crippen LogP contribution >= 0.6 is 27.3 Å². The lowest BCUT2D eigenvalue weighted by atomic mass is 10.1. The molecule has 2 heterocycles. The maximum absolute atomic E-state index is 12.8. The van der Waals surface area contributed by atoms with Crippen LogP contribution in [0.5, 0.6) is 0 Å². The van der Waals surface area contributed by atoms with Gasteiger partial charge in [0.15, 0.2) is 0 Å². The van der Waals surface area contributed by atoms with Crippen LogP contribution in [0.4, 0.5) is 0 Å². The summed E-state index contributed by atoms with van der Waals surface area (Å²) in [5.74, 6) is 0. The van der Waals surface area contributed by atoms with Crippen molar-refractivity contribution in [3.05, 3.63) is 78.9 Å². The molecule has 3 aromatic rings. The second-order valence-corrected chi connectivity index (χ2v) is 8.14. The summed E-state index contributed by atoms with van der Waals surface area (Å²) in [6.07, 6.45) is 0. The Morgan fingerprint density at radius 3 is 2.46 bits per heavy atom. The Morgan fingerprint density at radius 2 is 1.88 bits per heavy atom. The van der Waals surface area contributed by atoms with Crippen LogP contribution in [0.1, 0.15) is 22.3 Å². The number of nitrogens with zero attached hydrogens (tertiary/aromatic N) is 2. The van der Waals surface area contributed by atoms with Crippen molar-refractivity contribution >= 4 is 27.3 Å². The van der Waals surface area contributed by atoms with Gasteiger partial charge in [0.2, 0.25) is 0 Å². The molecule has 0 N–H and O–H groups in total. The Balaban J connectivity index is 2.19. The Bertz CT molecular complexity index is 994. The van der Waals surface area contributed by atoms with Gasteiger partial charge in [0.25, 0.3) is 5.56 Å². The summed E-state index contributed by atoms with van der Waals surface area (Å²) in [5.41, 5.74) is 3.73. The molecule has 3 nitrogen and oxygen atoms in total. The van der Waals surface area contributed by atoms with Gasteiger partial charge >= 0.3 is 0 Å². The van der Waals surface area contributed by atoms with Crippen molar-refractivity contribution in [2.45, 2.75) is 20.4 Å². The minimum atomic E-state index is -0.238. The number of nitriles is 1. The summed E-state index contributed by atoms with van der Waals surface area (Å²) in [4.78, 5) is 13.8. The lowest BCUT2D eigenvalue weighted by molar-refractivity contribution is 0.764. The van der Waals surface area contributed by atoms with Crippen molar-refractivity contribution in [2.75, 3.05) is 0 Å². The van der Waals surface area contributed by atoms with E-state index < -0.39 is 0 Å². The highest BCUT2D eigenvalue weighted by atomic mass is 79.9. The molecule has 0 aliphatic rings. The van der Waals surface area contributed by atoms with Crippen LogP contribution in [-0.2, 0) is 6.54 Å². The van der Waals surface area contributed by atoms with Crippen molar-refractivity contribution in [3.63, 3.8) is 0 Å². The third-order valence-electron chi connectivity index (χ3n) is 3.90. The molecule has 5 heteroatoms. The maximum atomic E-state index is 12.8. The van der Waals surface area contributed by atoms with Crippen LogP contribution in [0, 0.1) is 25.2 Å². The maximum Gasteiger partial charge on any atom is 0.269 e. The average Bonchev–Trinajstić information content (AvgIpc) is 2.98. The van der Waals surface area contributed by atoms with E-state index in [1.165, 1.54) is 5.56 Å². The lowest BCUT2D eigenvalue weighted by Gasteiger charge is -2.14. The standard InChI is InChI=1S/C19H15BrN2OS/c1-12-3-5-14(6-4-12)11-22-16(17-7-8-18(20)24-17)9-13(2)15(10-21)19(22)23/h3-9H,11H2,1-2H3. The number of halogens is 1. The molecule has 0 bridgehead atoms. The molecule has 0 radical (unpaired) electrons. The largest absolute Gasteiger partial charge is 0.302 e. The Morgan fingerprint density at radius 1 is 1.17 bits per heavy atom. The molecule has 120 valence electrons. The molecule has 0 fully saturated rings. The zero-order valence-electron chi connectivity index (χ0n) is 13.3. The number of hydrogen-bond donors (Lipinski definition) is 0. The first-order valence-electron chi connectivity index (χ1n) is 7.45. The highest BCUT2D eigenvalue weighted by molar-refractivity contribution is 9.11. The van der Waals surface area contributed by atoms with Gasteiger partial charge in [-0.15, -0.1) is 11.3 Å². The van der Waals surface area contributed by atoms with Crippen LogP contribution in [-0.4, -0.2) is 4.57 Å². The zero-order chi connectivity index (χ0) is 17.3. The smallest absolute Gasteiger partial charge is 0.269 e. The number of benzene rings is 1. The number of rotatable bonds is 3. The van der Waals surface area contributed by atoms with Crippen LogP contribution in [0.3, 0.4) is 0 Å². The van der Waals surface area contributed by atoms with Gasteiger partial charge in [0.1, 0.15) is 11.6 Å². The monoisotopic (exact) mass is 398 g/mol. The molecule has 0 aliphatic carbocycles. The summed E-state index contributed by atoms with van der Waals surface area (Å²) >= 11 is 5.05. The van der Waals surface area contributed by atoms with E-state index in [1.54, 1.807) is 15.9 Å². The van der Waals surface area contributed by atoms with Crippen LogP contribution in [0.25, 0.3) is 10.6 Å². The number of pyridine rings is 1. The van der Waals surface area contributed by atoms with E-state index >= 15 is 0 Å². The van der Waals surface area contributed by atoms with E-state index in [1.807, 2.05) is 62.4 Å².